The van der Waals surface area contributed by atoms with Gasteiger partial charge in [-0.2, -0.15) is 0 Å². The normalized spacial score (nSPS) is 10.9. The SMILES string of the molecule is CCN(C(=O)OC(C)(C)C)c1ccc(C(=O)O)cn1. The molecule has 0 aromatic carbocycles. The zero-order chi connectivity index (χ0) is 14.6. The summed E-state index contributed by atoms with van der Waals surface area (Å²) in [6, 6.07) is 2.88. The van der Waals surface area contributed by atoms with Crippen LogP contribution in [0.4, 0.5) is 10.6 Å². The molecule has 0 atom stereocenters. The Morgan fingerprint density at radius 3 is 2.37 bits per heavy atom. The minimum Gasteiger partial charge on any atom is -0.478 e. The molecule has 6 nitrogen and oxygen atoms in total. The number of aromatic carboxylic acids is 1. The van der Waals surface area contributed by atoms with Crippen LogP contribution < -0.4 is 4.90 Å². The molecule has 6 heteroatoms. The second-order valence-electron chi connectivity index (χ2n) is 4.93. The number of ether oxygens (including phenoxy) is 1. The quantitative estimate of drug-likeness (QED) is 0.909. The van der Waals surface area contributed by atoms with E-state index in [9.17, 15) is 9.59 Å². The zero-order valence-electron chi connectivity index (χ0n) is 11.5. The maximum atomic E-state index is 12.0. The van der Waals surface area contributed by atoms with Gasteiger partial charge in [0.05, 0.1) is 5.56 Å². The van der Waals surface area contributed by atoms with Crippen molar-refractivity contribution >= 4 is 17.9 Å². The summed E-state index contributed by atoms with van der Waals surface area (Å²) in [7, 11) is 0. The molecule has 0 aliphatic rings. The third kappa shape index (κ3) is 4.24. The molecule has 0 bridgehead atoms. The first-order chi connectivity index (χ1) is 8.74. The molecule has 0 unspecified atom stereocenters. The summed E-state index contributed by atoms with van der Waals surface area (Å²) in [5.74, 6) is -0.693. The fraction of sp³-hybridized carbons (Fsp3) is 0.462. The first-order valence-corrected chi connectivity index (χ1v) is 5.94. The van der Waals surface area contributed by atoms with Crippen molar-refractivity contribution in [1.82, 2.24) is 4.98 Å². The molecule has 1 rings (SSSR count). The number of hydrogen-bond donors (Lipinski definition) is 1. The van der Waals surface area contributed by atoms with Gasteiger partial charge in [0.2, 0.25) is 0 Å². The number of carbonyl (C=O) groups excluding carboxylic acids is 1. The number of pyridine rings is 1. The van der Waals surface area contributed by atoms with Gasteiger partial charge in [0.1, 0.15) is 11.4 Å². The molecule has 1 aromatic heterocycles. The number of aromatic nitrogens is 1. The molecule has 0 saturated carbocycles. The summed E-state index contributed by atoms with van der Waals surface area (Å²) in [6.07, 6.45) is 0.704. The van der Waals surface area contributed by atoms with Crippen LogP contribution in [0.25, 0.3) is 0 Å². The summed E-state index contributed by atoms with van der Waals surface area (Å²) in [5.41, 5.74) is -0.519. The maximum absolute atomic E-state index is 12.0. The minimum atomic E-state index is -1.06. The molecular weight excluding hydrogens is 248 g/mol. The highest BCUT2D eigenvalue weighted by atomic mass is 16.6. The lowest BCUT2D eigenvalue weighted by Crippen LogP contribution is -2.37. The first kappa shape index (κ1) is 14.9. The van der Waals surface area contributed by atoms with Crippen LogP contribution in [0.15, 0.2) is 18.3 Å². The third-order valence-electron chi connectivity index (χ3n) is 2.20. The molecule has 1 heterocycles. The average molecular weight is 266 g/mol. The van der Waals surface area contributed by atoms with Gasteiger partial charge < -0.3 is 9.84 Å². The Labute approximate surface area is 112 Å². The summed E-state index contributed by atoms with van der Waals surface area (Å²) in [5, 5.41) is 8.79. The van der Waals surface area contributed by atoms with E-state index < -0.39 is 17.7 Å². The lowest BCUT2D eigenvalue weighted by atomic mass is 10.2. The van der Waals surface area contributed by atoms with Crippen LogP contribution in [0.3, 0.4) is 0 Å². The molecule has 0 fully saturated rings. The molecule has 1 N–H and O–H groups in total. The lowest BCUT2D eigenvalue weighted by Gasteiger charge is -2.25. The van der Waals surface area contributed by atoms with Gasteiger partial charge in [0, 0.05) is 12.7 Å². The fourth-order valence-electron chi connectivity index (χ4n) is 1.37. The lowest BCUT2D eigenvalue weighted by molar-refractivity contribution is 0.0580. The van der Waals surface area contributed by atoms with Crippen LogP contribution in [-0.4, -0.2) is 34.3 Å². The Hall–Kier alpha value is -2.11. The van der Waals surface area contributed by atoms with Crippen molar-refractivity contribution in [2.45, 2.75) is 33.3 Å². The number of carboxylic acid groups (broad SMARTS) is 1. The fourth-order valence-corrected chi connectivity index (χ4v) is 1.37. The molecule has 104 valence electrons. The molecule has 0 spiro atoms. The Kier molecular flexibility index (Phi) is 4.47. The van der Waals surface area contributed by atoms with E-state index >= 15 is 0 Å². The highest BCUT2D eigenvalue weighted by molar-refractivity contribution is 5.89. The van der Waals surface area contributed by atoms with Crippen molar-refractivity contribution in [1.29, 1.82) is 0 Å². The maximum Gasteiger partial charge on any atom is 0.415 e. The average Bonchev–Trinajstić information content (AvgIpc) is 2.28. The second kappa shape index (κ2) is 5.69. The highest BCUT2D eigenvalue weighted by Crippen LogP contribution is 2.16. The van der Waals surface area contributed by atoms with Crippen molar-refractivity contribution in [2.75, 3.05) is 11.4 Å². The topological polar surface area (TPSA) is 79.7 Å². The Morgan fingerprint density at radius 2 is 2.00 bits per heavy atom. The van der Waals surface area contributed by atoms with Gasteiger partial charge in [-0.1, -0.05) is 0 Å². The summed E-state index contributed by atoms with van der Waals surface area (Å²) in [6.45, 7) is 7.50. The molecule has 1 aromatic rings. The standard InChI is InChI=1S/C13H18N2O4/c1-5-15(12(18)19-13(2,3)4)10-7-6-9(8-14-10)11(16)17/h6-8H,5H2,1-4H3,(H,16,17). The monoisotopic (exact) mass is 266 g/mol. The molecule has 0 radical (unpaired) electrons. The van der Waals surface area contributed by atoms with Crippen molar-refractivity contribution in [3.63, 3.8) is 0 Å². The Bertz CT molecular complexity index is 463. The highest BCUT2D eigenvalue weighted by Gasteiger charge is 2.23. The van der Waals surface area contributed by atoms with Gasteiger partial charge in [-0.15, -0.1) is 0 Å². The number of nitrogens with zero attached hydrogens (tertiary/aromatic N) is 2. The van der Waals surface area contributed by atoms with Crippen molar-refractivity contribution in [3.8, 4) is 0 Å². The second-order valence-corrected chi connectivity index (χ2v) is 4.93. The number of anilines is 1. The Morgan fingerprint density at radius 1 is 1.37 bits per heavy atom. The zero-order valence-corrected chi connectivity index (χ0v) is 11.5. The smallest absolute Gasteiger partial charge is 0.415 e. The van der Waals surface area contributed by atoms with E-state index in [0.717, 1.165) is 0 Å². The number of hydrogen-bond acceptors (Lipinski definition) is 4. The summed E-state index contributed by atoms with van der Waals surface area (Å²) in [4.78, 5) is 28.0. The van der Waals surface area contributed by atoms with Gasteiger partial charge in [-0.3, -0.25) is 4.90 Å². The van der Waals surface area contributed by atoms with E-state index in [1.165, 1.54) is 23.2 Å². The van der Waals surface area contributed by atoms with E-state index in [4.69, 9.17) is 9.84 Å². The number of carbonyl (C=O) groups is 2. The van der Waals surface area contributed by atoms with E-state index in [1.807, 2.05) is 0 Å². The number of rotatable bonds is 3. The van der Waals surface area contributed by atoms with Crippen LogP contribution in [0.2, 0.25) is 0 Å². The largest absolute Gasteiger partial charge is 0.478 e. The van der Waals surface area contributed by atoms with Gasteiger partial charge in [-0.25, -0.2) is 14.6 Å². The van der Waals surface area contributed by atoms with Crippen LogP contribution in [0.5, 0.6) is 0 Å². The first-order valence-electron chi connectivity index (χ1n) is 5.94. The predicted octanol–water partition coefficient (Wildman–Crippen LogP) is 2.54. The number of amides is 1. The van der Waals surface area contributed by atoms with Crippen LogP contribution >= 0.6 is 0 Å². The van der Waals surface area contributed by atoms with Gasteiger partial charge in [0.25, 0.3) is 0 Å². The molecule has 0 aliphatic carbocycles. The predicted molar refractivity (Wildman–Crippen MR) is 70.5 cm³/mol. The van der Waals surface area contributed by atoms with Gasteiger partial charge >= 0.3 is 12.1 Å². The molecule has 1 amide bonds. The van der Waals surface area contributed by atoms with Crippen LogP contribution in [0, 0.1) is 0 Å². The van der Waals surface area contributed by atoms with Crippen molar-refractivity contribution < 1.29 is 19.4 Å². The molecule has 0 aliphatic heterocycles. The summed E-state index contributed by atoms with van der Waals surface area (Å²) < 4.78 is 5.25. The van der Waals surface area contributed by atoms with Gasteiger partial charge in [0.15, 0.2) is 0 Å². The van der Waals surface area contributed by atoms with Crippen molar-refractivity contribution in [2.24, 2.45) is 0 Å². The van der Waals surface area contributed by atoms with E-state index in [-0.39, 0.29) is 5.56 Å². The van der Waals surface area contributed by atoms with E-state index in [0.29, 0.717) is 12.4 Å². The van der Waals surface area contributed by atoms with Gasteiger partial charge in [-0.05, 0) is 39.8 Å². The van der Waals surface area contributed by atoms with Crippen LogP contribution in [-0.2, 0) is 4.74 Å². The minimum absolute atomic E-state index is 0.0731. The van der Waals surface area contributed by atoms with Crippen LogP contribution in [0.1, 0.15) is 38.1 Å². The summed E-state index contributed by atoms with van der Waals surface area (Å²) >= 11 is 0. The Balaban J connectivity index is 2.91. The molecule has 19 heavy (non-hydrogen) atoms. The number of carboxylic acids is 1. The molecule has 0 saturated heterocycles. The van der Waals surface area contributed by atoms with Crippen molar-refractivity contribution in [3.05, 3.63) is 23.9 Å². The third-order valence-corrected chi connectivity index (χ3v) is 2.20. The molecular formula is C13H18N2O4. The van der Waals surface area contributed by atoms with E-state index in [1.54, 1.807) is 27.7 Å². The van der Waals surface area contributed by atoms with E-state index in [2.05, 4.69) is 4.98 Å².